The molecule has 11 aromatic carbocycles. The summed E-state index contributed by atoms with van der Waals surface area (Å²) in [5.41, 5.74) is 15.3. The van der Waals surface area contributed by atoms with Crippen LogP contribution in [0.3, 0.4) is 0 Å². The molecule has 1 heteroatoms. The van der Waals surface area contributed by atoms with Gasteiger partial charge in [-0.2, -0.15) is 0 Å². The zero-order valence-corrected chi connectivity index (χ0v) is 33.6. The minimum Gasteiger partial charge on any atom is -0.310 e. The first-order chi connectivity index (χ1) is 30.2. The Morgan fingerprint density at radius 2 is 0.541 bits per heavy atom. The highest BCUT2D eigenvalue weighted by Crippen LogP contribution is 2.40. The van der Waals surface area contributed by atoms with Crippen LogP contribution in [0.2, 0.25) is 0 Å². The molecule has 0 aliphatic carbocycles. The van der Waals surface area contributed by atoms with Crippen molar-refractivity contribution in [3.05, 3.63) is 249 Å². The fraction of sp³-hybridized carbons (Fsp3) is 0. The highest BCUT2D eigenvalue weighted by molar-refractivity contribution is 6.17. The summed E-state index contributed by atoms with van der Waals surface area (Å²) >= 11 is 0. The molecule has 0 atom stereocenters. The summed E-state index contributed by atoms with van der Waals surface area (Å²) in [6, 6.07) is 90.3. The standard InChI is InChI=1S/C60H41N/c1-3-10-42(11-4-1)44-18-20-46(21-19-44)47-26-33-54(34-27-47)61(56-16-9-15-51(41-56)48-24-22-45(23-25-48)43-12-5-2-6-13-43)55-35-28-49(29-36-55)52-31-37-58-53(40-52)32-39-59-57-17-8-7-14-50(57)30-38-60(58)59/h1-41H. The number of rotatable bonds is 8. The zero-order valence-electron chi connectivity index (χ0n) is 33.6. The van der Waals surface area contributed by atoms with Gasteiger partial charge in [0.2, 0.25) is 0 Å². The van der Waals surface area contributed by atoms with Crippen molar-refractivity contribution in [3.8, 4) is 55.6 Å². The number of anilines is 3. The maximum Gasteiger partial charge on any atom is 0.0467 e. The number of hydrogen-bond donors (Lipinski definition) is 0. The average molecular weight is 776 g/mol. The molecule has 0 radical (unpaired) electrons. The topological polar surface area (TPSA) is 3.24 Å². The van der Waals surface area contributed by atoms with Gasteiger partial charge in [-0.3, -0.25) is 0 Å². The van der Waals surface area contributed by atoms with Gasteiger partial charge >= 0.3 is 0 Å². The van der Waals surface area contributed by atoms with Gasteiger partial charge in [0.1, 0.15) is 0 Å². The molecule has 11 aromatic rings. The van der Waals surface area contributed by atoms with Gasteiger partial charge in [0.15, 0.2) is 0 Å². The lowest BCUT2D eigenvalue weighted by Gasteiger charge is -2.26. The van der Waals surface area contributed by atoms with E-state index < -0.39 is 0 Å². The van der Waals surface area contributed by atoms with E-state index in [0.29, 0.717) is 0 Å². The van der Waals surface area contributed by atoms with Crippen LogP contribution in [0.4, 0.5) is 17.1 Å². The van der Waals surface area contributed by atoms with Crippen LogP contribution in [0, 0.1) is 0 Å². The second-order valence-electron chi connectivity index (χ2n) is 15.7. The van der Waals surface area contributed by atoms with Crippen molar-refractivity contribution in [2.24, 2.45) is 0 Å². The first kappa shape index (κ1) is 36.1. The van der Waals surface area contributed by atoms with Crippen LogP contribution in [0.1, 0.15) is 0 Å². The van der Waals surface area contributed by atoms with Crippen LogP contribution < -0.4 is 4.90 Å². The molecule has 11 rings (SSSR count). The van der Waals surface area contributed by atoms with E-state index in [1.54, 1.807) is 0 Å². The fourth-order valence-corrected chi connectivity index (χ4v) is 8.86. The molecule has 61 heavy (non-hydrogen) atoms. The van der Waals surface area contributed by atoms with E-state index in [0.717, 1.165) is 17.1 Å². The Hall–Kier alpha value is -8.00. The lowest BCUT2D eigenvalue weighted by atomic mass is 9.95. The second-order valence-corrected chi connectivity index (χ2v) is 15.7. The SMILES string of the molecule is c1ccc(-c2ccc(-c3ccc(N(c4ccc(-c5ccc6c(ccc7c8ccccc8ccc67)c5)cc4)c4cccc(-c5ccc(-c6ccccc6)cc5)c4)cc3)cc2)cc1. The summed E-state index contributed by atoms with van der Waals surface area (Å²) < 4.78 is 0. The van der Waals surface area contributed by atoms with E-state index >= 15 is 0 Å². The molecule has 0 saturated carbocycles. The smallest absolute Gasteiger partial charge is 0.0467 e. The van der Waals surface area contributed by atoms with Crippen LogP contribution in [0.25, 0.3) is 88.0 Å². The molecule has 0 unspecified atom stereocenters. The van der Waals surface area contributed by atoms with Crippen molar-refractivity contribution < 1.29 is 0 Å². The number of nitrogens with zero attached hydrogens (tertiary/aromatic N) is 1. The Bertz CT molecular complexity index is 3300. The summed E-state index contributed by atoms with van der Waals surface area (Å²) in [7, 11) is 0. The van der Waals surface area contributed by atoms with Crippen molar-refractivity contribution >= 4 is 49.4 Å². The number of benzene rings is 11. The minimum absolute atomic E-state index is 1.10. The van der Waals surface area contributed by atoms with Crippen LogP contribution >= 0.6 is 0 Å². The average Bonchev–Trinajstić information content (AvgIpc) is 3.35. The van der Waals surface area contributed by atoms with E-state index in [-0.39, 0.29) is 0 Å². The van der Waals surface area contributed by atoms with Gasteiger partial charge in [0.25, 0.3) is 0 Å². The highest BCUT2D eigenvalue weighted by atomic mass is 15.1. The minimum atomic E-state index is 1.10. The predicted octanol–water partition coefficient (Wildman–Crippen LogP) is 17.0. The van der Waals surface area contributed by atoms with Crippen molar-refractivity contribution in [2.45, 2.75) is 0 Å². The Balaban J connectivity index is 0.941. The van der Waals surface area contributed by atoms with Gasteiger partial charge in [0, 0.05) is 17.1 Å². The van der Waals surface area contributed by atoms with Gasteiger partial charge in [-0.1, -0.05) is 206 Å². The van der Waals surface area contributed by atoms with Gasteiger partial charge in [-0.15, -0.1) is 0 Å². The fourth-order valence-electron chi connectivity index (χ4n) is 8.86. The molecule has 0 bridgehead atoms. The summed E-state index contributed by atoms with van der Waals surface area (Å²) in [6.07, 6.45) is 0. The monoisotopic (exact) mass is 775 g/mol. The van der Waals surface area contributed by atoms with E-state index in [9.17, 15) is 0 Å². The summed E-state index contributed by atoms with van der Waals surface area (Å²) in [5, 5.41) is 7.68. The molecule has 0 heterocycles. The third-order valence-corrected chi connectivity index (χ3v) is 12.1. The summed E-state index contributed by atoms with van der Waals surface area (Å²) in [6.45, 7) is 0. The van der Waals surface area contributed by atoms with Gasteiger partial charge in [-0.25, -0.2) is 0 Å². The second kappa shape index (κ2) is 15.6. The largest absolute Gasteiger partial charge is 0.310 e. The molecule has 0 fully saturated rings. The van der Waals surface area contributed by atoms with E-state index in [1.165, 1.54) is 88.0 Å². The van der Waals surface area contributed by atoms with Gasteiger partial charge < -0.3 is 4.90 Å². The summed E-state index contributed by atoms with van der Waals surface area (Å²) in [5.74, 6) is 0. The van der Waals surface area contributed by atoms with Crippen molar-refractivity contribution in [3.63, 3.8) is 0 Å². The molecular weight excluding hydrogens is 735 g/mol. The van der Waals surface area contributed by atoms with Crippen molar-refractivity contribution in [1.29, 1.82) is 0 Å². The van der Waals surface area contributed by atoms with Crippen molar-refractivity contribution in [2.75, 3.05) is 4.90 Å². The Morgan fingerprint density at radius 3 is 1.08 bits per heavy atom. The van der Waals surface area contributed by atoms with Crippen LogP contribution in [0.15, 0.2) is 249 Å². The zero-order chi connectivity index (χ0) is 40.5. The lowest BCUT2D eigenvalue weighted by molar-refractivity contribution is 1.28. The quantitative estimate of drug-likeness (QED) is 0.139. The van der Waals surface area contributed by atoms with Crippen LogP contribution in [-0.4, -0.2) is 0 Å². The number of hydrogen-bond acceptors (Lipinski definition) is 1. The lowest BCUT2D eigenvalue weighted by Crippen LogP contribution is -2.10. The van der Waals surface area contributed by atoms with Gasteiger partial charge in [-0.05, 0) is 130 Å². The first-order valence-corrected chi connectivity index (χ1v) is 21.0. The van der Waals surface area contributed by atoms with Crippen LogP contribution in [0.5, 0.6) is 0 Å². The third kappa shape index (κ3) is 7.03. The molecule has 286 valence electrons. The summed E-state index contributed by atoms with van der Waals surface area (Å²) in [4.78, 5) is 2.37. The molecule has 0 aliphatic heterocycles. The van der Waals surface area contributed by atoms with Crippen LogP contribution in [-0.2, 0) is 0 Å². The molecule has 1 nitrogen and oxygen atoms in total. The van der Waals surface area contributed by atoms with Crippen molar-refractivity contribution in [1.82, 2.24) is 0 Å². The normalized spacial score (nSPS) is 11.3. The Labute approximate surface area is 357 Å². The molecule has 0 saturated heterocycles. The maximum atomic E-state index is 2.37. The third-order valence-electron chi connectivity index (χ3n) is 12.1. The van der Waals surface area contributed by atoms with E-state index in [4.69, 9.17) is 0 Å². The first-order valence-electron chi connectivity index (χ1n) is 21.0. The maximum absolute atomic E-state index is 2.37. The highest BCUT2D eigenvalue weighted by Gasteiger charge is 2.15. The molecule has 0 spiro atoms. The van der Waals surface area contributed by atoms with Gasteiger partial charge in [0.05, 0.1) is 0 Å². The Kier molecular flexibility index (Phi) is 9.26. The Morgan fingerprint density at radius 1 is 0.180 bits per heavy atom. The predicted molar refractivity (Wildman–Crippen MR) is 261 cm³/mol. The molecular formula is C60H41N. The molecule has 0 amide bonds. The molecule has 0 N–H and O–H groups in total. The van der Waals surface area contributed by atoms with E-state index in [1.807, 2.05) is 0 Å². The molecule has 0 aromatic heterocycles. The number of fused-ring (bicyclic) bond motifs is 5. The molecule has 0 aliphatic rings. The van der Waals surface area contributed by atoms with E-state index in [2.05, 4.69) is 254 Å².